The molecule has 0 radical (unpaired) electrons. The van der Waals surface area contributed by atoms with Gasteiger partial charge in [0.25, 0.3) is 0 Å². The summed E-state index contributed by atoms with van der Waals surface area (Å²) < 4.78 is 11.3. The van der Waals surface area contributed by atoms with Crippen LogP contribution < -0.4 is 0 Å². The third kappa shape index (κ3) is 2.28. The number of aryl methyl sites for hydroxylation is 1. The van der Waals surface area contributed by atoms with Gasteiger partial charge in [0, 0.05) is 16.9 Å². The fourth-order valence-electron chi connectivity index (χ4n) is 2.20. The highest BCUT2D eigenvalue weighted by Crippen LogP contribution is 2.30. The van der Waals surface area contributed by atoms with Crippen molar-refractivity contribution in [2.75, 3.05) is 18.1 Å². The summed E-state index contributed by atoms with van der Waals surface area (Å²) in [6.45, 7) is 2.75. The van der Waals surface area contributed by atoms with Gasteiger partial charge < -0.3 is 14.3 Å². The number of hydrogen-bond acceptors (Lipinski definition) is 4. The lowest BCUT2D eigenvalue weighted by atomic mass is 10.1. The highest BCUT2D eigenvalue weighted by molar-refractivity contribution is 7.99. The zero-order chi connectivity index (χ0) is 12.5. The van der Waals surface area contributed by atoms with E-state index in [1.54, 1.807) is 0 Å². The van der Waals surface area contributed by atoms with Gasteiger partial charge in [-0.2, -0.15) is 11.8 Å². The summed E-state index contributed by atoms with van der Waals surface area (Å²) in [5.74, 6) is 2.42. The Bertz CT molecular complexity index is 543. The molecule has 2 aromatic rings. The molecule has 96 valence electrons. The molecule has 0 saturated carbocycles. The van der Waals surface area contributed by atoms with Gasteiger partial charge in [0.2, 0.25) is 0 Å². The van der Waals surface area contributed by atoms with Gasteiger partial charge in [0.15, 0.2) is 0 Å². The van der Waals surface area contributed by atoms with Crippen molar-refractivity contribution in [3.8, 4) is 0 Å². The van der Waals surface area contributed by atoms with Crippen LogP contribution in [0.15, 0.2) is 28.7 Å². The third-order valence-corrected chi connectivity index (χ3v) is 4.20. The van der Waals surface area contributed by atoms with Crippen LogP contribution in [0.3, 0.4) is 0 Å². The summed E-state index contributed by atoms with van der Waals surface area (Å²) in [6, 6.07) is 7.92. The SMILES string of the molecule is Cc1ccc2oc(C(O)C3CSCCO3)cc2c1. The molecule has 0 amide bonds. The Kier molecular flexibility index (Phi) is 3.33. The average Bonchev–Trinajstić information content (AvgIpc) is 2.81. The minimum Gasteiger partial charge on any atom is -0.458 e. The van der Waals surface area contributed by atoms with Crippen molar-refractivity contribution in [1.29, 1.82) is 0 Å². The number of fused-ring (bicyclic) bond motifs is 1. The molecule has 1 aromatic heterocycles. The minimum atomic E-state index is -0.675. The first-order valence-corrected chi connectivity index (χ1v) is 7.27. The fourth-order valence-corrected chi connectivity index (χ4v) is 3.09. The van der Waals surface area contributed by atoms with Crippen LogP contribution in [0.25, 0.3) is 11.0 Å². The summed E-state index contributed by atoms with van der Waals surface area (Å²) in [6.07, 6.45) is -0.837. The normalized spacial score (nSPS) is 22.2. The van der Waals surface area contributed by atoms with Crippen LogP contribution in [-0.2, 0) is 4.74 Å². The number of ether oxygens (including phenoxy) is 1. The predicted molar refractivity (Wildman–Crippen MR) is 73.0 cm³/mol. The average molecular weight is 264 g/mol. The molecule has 1 saturated heterocycles. The van der Waals surface area contributed by atoms with Gasteiger partial charge >= 0.3 is 0 Å². The van der Waals surface area contributed by atoms with Crippen LogP contribution in [-0.4, -0.2) is 29.3 Å². The number of furan rings is 1. The van der Waals surface area contributed by atoms with Crippen molar-refractivity contribution in [3.63, 3.8) is 0 Å². The van der Waals surface area contributed by atoms with Crippen molar-refractivity contribution in [2.24, 2.45) is 0 Å². The van der Waals surface area contributed by atoms with Crippen LogP contribution in [0.5, 0.6) is 0 Å². The van der Waals surface area contributed by atoms with Gasteiger partial charge in [-0.3, -0.25) is 0 Å². The molecule has 1 fully saturated rings. The molecule has 0 bridgehead atoms. The van der Waals surface area contributed by atoms with Gasteiger partial charge in [-0.05, 0) is 25.1 Å². The van der Waals surface area contributed by atoms with Crippen molar-refractivity contribution in [1.82, 2.24) is 0 Å². The number of thioether (sulfide) groups is 1. The van der Waals surface area contributed by atoms with Gasteiger partial charge in [-0.25, -0.2) is 0 Å². The zero-order valence-electron chi connectivity index (χ0n) is 10.3. The maximum absolute atomic E-state index is 10.3. The Morgan fingerprint density at radius 1 is 1.39 bits per heavy atom. The Morgan fingerprint density at radius 3 is 3.06 bits per heavy atom. The molecule has 0 spiro atoms. The van der Waals surface area contributed by atoms with Crippen LogP contribution >= 0.6 is 11.8 Å². The maximum atomic E-state index is 10.3. The van der Waals surface area contributed by atoms with Gasteiger partial charge in [-0.1, -0.05) is 11.6 Å². The fraction of sp³-hybridized carbons (Fsp3) is 0.429. The number of benzene rings is 1. The van der Waals surface area contributed by atoms with E-state index in [4.69, 9.17) is 9.15 Å². The molecule has 1 aliphatic rings. The third-order valence-electron chi connectivity index (χ3n) is 3.18. The molecule has 2 heterocycles. The first kappa shape index (κ1) is 12.1. The molecule has 18 heavy (non-hydrogen) atoms. The van der Waals surface area contributed by atoms with Crippen molar-refractivity contribution >= 4 is 22.7 Å². The van der Waals surface area contributed by atoms with Crippen LogP contribution in [0.4, 0.5) is 0 Å². The molecular formula is C14H16O3S. The van der Waals surface area contributed by atoms with E-state index in [0.29, 0.717) is 12.4 Å². The Morgan fingerprint density at radius 2 is 2.28 bits per heavy atom. The molecular weight excluding hydrogens is 248 g/mol. The number of aliphatic hydroxyl groups is 1. The first-order valence-electron chi connectivity index (χ1n) is 6.11. The summed E-state index contributed by atoms with van der Waals surface area (Å²) in [5.41, 5.74) is 2.01. The van der Waals surface area contributed by atoms with Crippen molar-refractivity contribution in [2.45, 2.75) is 19.1 Å². The van der Waals surface area contributed by atoms with Gasteiger partial charge in [0.05, 0.1) is 12.7 Å². The summed E-state index contributed by atoms with van der Waals surface area (Å²) in [4.78, 5) is 0. The Hall–Kier alpha value is -0.970. The van der Waals surface area contributed by atoms with E-state index in [2.05, 4.69) is 6.07 Å². The van der Waals surface area contributed by atoms with E-state index >= 15 is 0 Å². The van der Waals surface area contributed by atoms with E-state index in [0.717, 1.165) is 22.5 Å². The van der Waals surface area contributed by atoms with E-state index in [1.165, 1.54) is 5.56 Å². The molecule has 4 heteroatoms. The summed E-state index contributed by atoms with van der Waals surface area (Å²) >= 11 is 1.81. The van der Waals surface area contributed by atoms with E-state index in [1.807, 2.05) is 36.9 Å². The first-order chi connectivity index (χ1) is 8.74. The van der Waals surface area contributed by atoms with Crippen molar-refractivity contribution < 1.29 is 14.3 Å². The molecule has 1 aromatic carbocycles. The second-order valence-corrected chi connectivity index (χ2v) is 5.77. The molecule has 1 aliphatic heterocycles. The zero-order valence-corrected chi connectivity index (χ0v) is 11.1. The molecule has 2 atom stereocenters. The second kappa shape index (κ2) is 4.96. The Balaban J connectivity index is 1.88. The molecule has 3 rings (SSSR count). The lowest BCUT2D eigenvalue weighted by Crippen LogP contribution is -2.29. The van der Waals surface area contributed by atoms with Crippen LogP contribution in [0.1, 0.15) is 17.4 Å². The van der Waals surface area contributed by atoms with Gasteiger partial charge in [0.1, 0.15) is 17.4 Å². The van der Waals surface area contributed by atoms with Gasteiger partial charge in [-0.15, -0.1) is 0 Å². The summed E-state index contributed by atoms with van der Waals surface area (Å²) in [7, 11) is 0. The topological polar surface area (TPSA) is 42.6 Å². The molecule has 3 nitrogen and oxygen atoms in total. The predicted octanol–water partition coefficient (Wildman–Crippen LogP) is 2.91. The van der Waals surface area contributed by atoms with Crippen molar-refractivity contribution in [3.05, 3.63) is 35.6 Å². The van der Waals surface area contributed by atoms with Crippen LogP contribution in [0, 0.1) is 6.92 Å². The largest absolute Gasteiger partial charge is 0.458 e. The van der Waals surface area contributed by atoms with Crippen LogP contribution in [0.2, 0.25) is 0 Å². The highest BCUT2D eigenvalue weighted by atomic mass is 32.2. The lowest BCUT2D eigenvalue weighted by molar-refractivity contribution is -0.0311. The summed E-state index contributed by atoms with van der Waals surface area (Å²) in [5, 5.41) is 11.3. The monoisotopic (exact) mass is 264 g/mol. The maximum Gasteiger partial charge on any atom is 0.138 e. The number of rotatable bonds is 2. The Labute approximate surface area is 110 Å². The molecule has 2 unspecified atom stereocenters. The second-order valence-electron chi connectivity index (χ2n) is 4.62. The minimum absolute atomic E-state index is 0.162. The smallest absolute Gasteiger partial charge is 0.138 e. The van der Waals surface area contributed by atoms with E-state index < -0.39 is 6.10 Å². The highest BCUT2D eigenvalue weighted by Gasteiger charge is 2.27. The standard InChI is InChI=1S/C14H16O3S/c1-9-2-3-11-10(6-9)7-12(17-11)14(15)13-8-18-5-4-16-13/h2-3,6-7,13-15H,4-5,8H2,1H3. The lowest BCUT2D eigenvalue weighted by Gasteiger charge is -2.25. The number of aliphatic hydroxyl groups excluding tert-OH is 1. The molecule has 1 N–H and O–H groups in total. The van der Waals surface area contributed by atoms with E-state index in [9.17, 15) is 5.11 Å². The van der Waals surface area contributed by atoms with E-state index in [-0.39, 0.29) is 6.10 Å². The number of hydrogen-bond donors (Lipinski definition) is 1. The molecule has 0 aliphatic carbocycles. The quantitative estimate of drug-likeness (QED) is 0.905.